The number of carbonyl (C=O) groups excluding carboxylic acids is 2. The van der Waals surface area contributed by atoms with Crippen LogP contribution in [-0.2, 0) is 15.1 Å². The smallest absolute Gasteiger partial charge is 0.242 e. The molecule has 0 spiro atoms. The number of benzene rings is 2. The molecule has 2 aromatic carbocycles. The number of thioether (sulfide) groups is 1. The zero-order valence-electron chi connectivity index (χ0n) is 19.2. The molecule has 2 heterocycles. The van der Waals surface area contributed by atoms with Crippen LogP contribution in [0, 0.1) is 11.6 Å². The SMILES string of the molecule is C=C/C(=C\C)C1(c2cccc(Nc3ccc(F)c(F)c3)n2)CC(=O)C(Sc2ccccc2Cl)C(=O)N1. The molecular formula is C27H22ClF2N3O2S. The number of hydrogen-bond donors (Lipinski definition) is 2. The third-order valence-electron chi connectivity index (χ3n) is 5.79. The lowest BCUT2D eigenvalue weighted by molar-refractivity contribution is -0.133. The lowest BCUT2D eigenvalue weighted by atomic mass is 9.77. The molecule has 2 atom stereocenters. The number of Topliss-reactive ketones (excluding diaryl/α,β-unsaturated/α-hetero) is 1. The highest BCUT2D eigenvalue weighted by molar-refractivity contribution is 8.01. The van der Waals surface area contributed by atoms with Crippen LogP contribution in [0.25, 0.3) is 0 Å². The van der Waals surface area contributed by atoms with Crippen molar-refractivity contribution in [2.24, 2.45) is 0 Å². The first-order valence-corrected chi connectivity index (χ1v) is 12.3. The van der Waals surface area contributed by atoms with Crippen LogP contribution in [-0.4, -0.2) is 21.9 Å². The van der Waals surface area contributed by atoms with Gasteiger partial charge in [-0.25, -0.2) is 13.8 Å². The zero-order chi connectivity index (χ0) is 25.9. The maximum absolute atomic E-state index is 13.7. The predicted octanol–water partition coefficient (Wildman–Crippen LogP) is 6.33. The Labute approximate surface area is 216 Å². The highest BCUT2D eigenvalue weighted by atomic mass is 35.5. The van der Waals surface area contributed by atoms with Crippen molar-refractivity contribution in [1.82, 2.24) is 10.3 Å². The van der Waals surface area contributed by atoms with Crippen molar-refractivity contribution < 1.29 is 18.4 Å². The first-order chi connectivity index (χ1) is 17.3. The molecule has 2 unspecified atom stereocenters. The minimum atomic E-state index is -1.26. The molecule has 1 aliphatic rings. The van der Waals surface area contributed by atoms with Crippen LogP contribution < -0.4 is 10.6 Å². The van der Waals surface area contributed by atoms with Crippen molar-refractivity contribution in [3.8, 4) is 0 Å². The summed E-state index contributed by atoms with van der Waals surface area (Å²) in [6, 6.07) is 15.5. The Morgan fingerprint density at radius 3 is 2.61 bits per heavy atom. The molecule has 9 heteroatoms. The van der Waals surface area contributed by atoms with Gasteiger partial charge in [0, 0.05) is 23.1 Å². The highest BCUT2D eigenvalue weighted by Crippen LogP contribution is 2.41. The van der Waals surface area contributed by atoms with Crippen molar-refractivity contribution in [1.29, 1.82) is 0 Å². The number of amides is 1. The number of hydrogen-bond acceptors (Lipinski definition) is 5. The molecule has 1 aliphatic heterocycles. The summed E-state index contributed by atoms with van der Waals surface area (Å²) in [6.07, 6.45) is 3.28. The van der Waals surface area contributed by atoms with Crippen LogP contribution in [0.2, 0.25) is 5.02 Å². The number of piperidine rings is 1. The van der Waals surface area contributed by atoms with Gasteiger partial charge < -0.3 is 10.6 Å². The van der Waals surface area contributed by atoms with E-state index in [1.807, 2.05) is 0 Å². The molecule has 3 aromatic rings. The fraction of sp³-hybridized carbons (Fsp3) is 0.148. The summed E-state index contributed by atoms with van der Waals surface area (Å²) in [5.74, 6) is -2.39. The number of rotatable bonds is 7. The fourth-order valence-electron chi connectivity index (χ4n) is 4.09. The van der Waals surface area contributed by atoms with Gasteiger partial charge in [-0.3, -0.25) is 9.59 Å². The van der Waals surface area contributed by atoms with Crippen molar-refractivity contribution in [3.05, 3.63) is 107 Å². The number of halogens is 3. The summed E-state index contributed by atoms with van der Waals surface area (Å²) in [4.78, 5) is 31.9. The van der Waals surface area contributed by atoms with E-state index >= 15 is 0 Å². The lowest BCUT2D eigenvalue weighted by Crippen LogP contribution is -2.58. The first-order valence-electron chi connectivity index (χ1n) is 11.0. The van der Waals surface area contributed by atoms with E-state index in [0.717, 1.165) is 23.9 Å². The summed E-state index contributed by atoms with van der Waals surface area (Å²) >= 11 is 7.34. The zero-order valence-corrected chi connectivity index (χ0v) is 20.8. The summed E-state index contributed by atoms with van der Waals surface area (Å²) in [5.41, 5.74) is 0.0323. The third kappa shape index (κ3) is 5.05. The molecule has 4 rings (SSSR count). The van der Waals surface area contributed by atoms with Gasteiger partial charge >= 0.3 is 0 Å². The Morgan fingerprint density at radius 2 is 1.94 bits per heavy atom. The Hall–Kier alpha value is -3.49. The number of pyridine rings is 1. The van der Waals surface area contributed by atoms with Crippen LogP contribution in [0.15, 0.2) is 89.9 Å². The topological polar surface area (TPSA) is 71.1 Å². The van der Waals surface area contributed by atoms with E-state index in [-0.39, 0.29) is 12.2 Å². The van der Waals surface area contributed by atoms with Crippen LogP contribution in [0.3, 0.4) is 0 Å². The predicted molar refractivity (Wildman–Crippen MR) is 138 cm³/mol. The molecule has 184 valence electrons. The summed E-state index contributed by atoms with van der Waals surface area (Å²) in [7, 11) is 0. The molecule has 5 nitrogen and oxygen atoms in total. The van der Waals surface area contributed by atoms with Gasteiger partial charge in [0.2, 0.25) is 5.91 Å². The number of carbonyl (C=O) groups is 2. The van der Waals surface area contributed by atoms with E-state index in [2.05, 4.69) is 22.2 Å². The van der Waals surface area contributed by atoms with Crippen molar-refractivity contribution in [3.63, 3.8) is 0 Å². The van der Waals surface area contributed by atoms with Gasteiger partial charge in [-0.15, -0.1) is 11.8 Å². The Bertz CT molecular complexity index is 1360. The maximum Gasteiger partial charge on any atom is 0.242 e. The normalized spacial score (nSPS) is 20.1. The van der Waals surface area contributed by atoms with E-state index < -0.39 is 28.3 Å². The average molecular weight is 526 g/mol. The van der Waals surface area contributed by atoms with Gasteiger partial charge in [-0.05, 0) is 48.9 Å². The van der Waals surface area contributed by atoms with E-state index in [4.69, 9.17) is 11.6 Å². The average Bonchev–Trinajstić information content (AvgIpc) is 2.86. The second-order valence-electron chi connectivity index (χ2n) is 8.08. The van der Waals surface area contributed by atoms with Crippen molar-refractivity contribution >= 4 is 46.6 Å². The summed E-state index contributed by atoms with van der Waals surface area (Å²) in [6.45, 7) is 5.64. The molecule has 0 bridgehead atoms. The summed E-state index contributed by atoms with van der Waals surface area (Å²) < 4.78 is 27.0. The summed E-state index contributed by atoms with van der Waals surface area (Å²) in [5, 5.41) is 5.42. The van der Waals surface area contributed by atoms with Crippen LogP contribution in [0.5, 0.6) is 0 Å². The molecule has 1 fully saturated rings. The molecule has 0 saturated carbocycles. The Morgan fingerprint density at radius 1 is 1.17 bits per heavy atom. The number of nitrogens with one attached hydrogen (secondary N) is 2. The number of ketones is 1. The first kappa shape index (κ1) is 25.6. The molecule has 1 amide bonds. The molecule has 0 aliphatic carbocycles. The van der Waals surface area contributed by atoms with Gasteiger partial charge in [0.05, 0.1) is 10.7 Å². The molecule has 1 saturated heterocycles. The fourth-order valence-corrected chi connectivity index (χ4v) is 5.33. The molecule has 2 N–H and O–H groups in total. The monoisotopic (exact) mass is 525 g/mol. The van der Waals surface area contributed by atoms with E-state index in [9.17, 15) is 18.4 Å². The van der Waals surface area contributed by atoms with E-state index in [1.165, 1.54) is 6.07 Å². The minimum Gasteiger partial charge on any atom is -0.340 e. The van der Waals surface area contributed by atoms with Crippen molar-refractivity contribution in [2.45, 2.75) is 29.0 Å². The largest absolute Gasteiger partial charge is 0.340 e. The maximum atomic E-state index is 13.7. The number of allylic oxidation sites excluding steroid dienone is 1. The second-order valence-corrected chi connectivity index (χ2v) is 9.63. The second kappa shape index (κ2) is 10.6. The van der Waals surface area contributed by atoms with Gasteiger partial charge in [-0.1, -0.05) is 48.5 Å². The molecule has 0 radical (unpaired) electrons. The quantitative estimate of drug-likeness (QED) is 0.278. The van der Waals surface area contributed by atoms with Crippen LogP contribution in [0.4, 0.5) is 20.3 Å². The molecule has 1 aromatic heterocycles. The van der Waals surface area contributed by atoms with Gasteiger partial charge in [-0.2, -0.15) is 0 Å². The van der Waals surface area contributed by atoms with Crippen LogP contribution in [0.1, 0.15) is 19.0 Å². The molecular weight excluding hydrogens is 504 g/mol. The van der Waals surface area contributed by atoms with Gasteiger partial charge in [0.15, 0.2) is 17.4 Å². The van der Waals surface area contributed by atoms with Gasteiger partial charge in [0.25, 0.3) is 0 Å². The Balaban J connectivity index is 1.68. The standard InChI is InChI=1S/C27H22ClF2N3O2S/c1-3-16(4-2)27(15-21(34)25(26(35)33-27)36-22-9-6-5-8-18(22)28)23-10-7-11-24(32-23)31-17-12-13-19(29)20(30)14-17/h3-14,25H,1,15H2,2H3,(H,31,32)(H,33,35)/b16-4+. The number of nitrogens with zero attached hydrogens (tertiary/aromatic N) is 1. The van der Waals surface area contributed by atoms with E-state index in [1.54, 1.807) is 61.5 Å². The number of aromatic nitrogens is 1. The lowest BCUT2D eigenvalue weighted by Gasteiger charge is -2.40. The van der Waals surface area contributed by atoms with Crippen LogP contribution >= 0.6 is 23.4 Å². The van der Waals surface area contributed by atoms with Gasteiger partial charge in [0.1, 0.15) is 16.6 Å². The molecule has 36 heavy (non-hydrogen) atoms. The minimum absolute atomic E-state index is 0.0613. The number of anilines is 2. The highest BCUT2D eigenvalue weighted by Gasteiger charge is 2.48. The van der Waals surface area contributed by atoms with Crippen molar-refractivity contribution in [2.75, 3.05) is 5.32 Å². The Kier molecular flexibility index (Phi) is 7.56. The van der Waals surface area contributed by atoms with E-state index in [0.29, 0.717) is 32.7 Å². The third-order valence-corrected chi connectivity index (χ3v) is 7.55.